The zero-order valence-corrected chi connectivity index (χ0v) is 8.27. The van der Waals surface area contributed by atoms with Crippen molar-refractivity contribution >= 4 is 28.3 Å². The van der Waals surface area contributed by atoms with Crippen LogP contribution < -0.4 is 5.32 Å². The quantitative estimate of drug-likeness (QED) is 0.783. The Morgan fingerprint density at radius 2 is 2.14 bits per heavy atom. The first-order valence-electron chi connectivity index (χ1n) is 4.14. The number of hydrogen-bond donors (Lipinski definition) is 1. The highest BCUT2D eigenvalue weighted by Crippen LogP contribution is 2.24. The average molecular weight is 211 g/mol. The molecule has 0 saturated carbocycles. The largest absolute Gasteiger partial charge is 0.373 e. The van der Waals surface area contributed by atoms with Gasteiger partial charge in [-0.15, -0.1) is 0 Å². The summed E-state index contributed by atoms with van der Waals surface area (Å²) in [4.78, 5) is 4.22. The maximum Gasteiger partial charge on any atom is 0.126 e. The summed E-state index contributed by atoms with van der Waals surface area (Å²) < 4.78 is 13.0. The number of nitrogens with zero attached hydrogens (tertiary/aromatic N) is 1. The van der Waals surface area contributed by atoms with E-state index in [0.29, 0.717) is 21.7 Å². The molecule has 0 unspecified atom stereocenters. The summed E-state index contributed by atoms with van der Waals surface area (Å²) in [7, 11) is 1.77. The third-order valence-corrected chi connectivity index (χ3v) is 2.25. The molecule has 1 aromatic carbocycles. The van der Waals surface area contributed by atoms with Crippen LogP contribution in [0.1, 0.15) is 0 Å². The van der Waals surface area contributed by atoms with Crippen LogP contribution in [-0.4, -0.2) is 12.0 Å². The second kappa shape index (κ2) is 3.42. The highest BCUT2D eigenvalue weighted by molar-refractivity contribution is 6.35. The smallest absolute Gasteiger partial charge is 0.126 e. The first-order valence-corrected chi connectivity index (χ1v) is 4.52. The minimum atomic E-state index is -0.346. The van der Waals surface area contributed by atoms with Gasteiger partial charge in [-0.3, -0.25) is 0 Å². The van der Waals surface area contributed by atoms with Crippen molar-refractivity contribution in [3.63, 3.8) is 0 Å². The van der Waals surface area contributed by atoms with E-state index in [1.54, 1.807) is 19.2 Å². The minimum absolute atomic E-state index is 0.331. The first kappa shape index (κ1) is 9.21. The summed E-state index contributed by atoms with van der Waals surface area (Å²) in [5, 5.41) is 3.93. The topological polar surface area (TPSA) is 24.9 Å². The van der Waals surface area contributed by atoms with Crippen molar-refractivity contribution in [1.29, 1.82) is 0 Å². The molecular weight excluding hydrogens is 203 g/mol. The number of rotatable bonds is 1. The molecule has 1 N–H and O–H groups in total. The Bertz CT molecular complexity index is 485. The SMILES string of the molecule is CNc1ccc2cc(F)cc(Cl)c2n1. The number of hydrogen-bond acceptors (Lipinski definition) is 2. The van der Waals surface area contributed by atoms with Crippen molar-refractivity contribution in [2.45, 2.75) is 0 Å². The van der Waals surface area contributed by atoms with E-state index in [2.05, 4.69) is 10.3 Å². The molecule has 2 rings (SSSR count). The van der Waals surface area contributed by atoms with Crippen LogP contribution in [-0.2, 0) is 0 Å². The van der Waals surface area contributed by atoms with Gasteiger partial charge in [0.1, 0.15) is 11.6 Å². The van der Waals surface area contributed by atoms with E-state index in [-0.39, 0.29) is 5.82 Å². The third kappa shape index (κ3) is 1.51. The Morgan fingerprint density at radius 1 is 1.36 bits per heavy atom. The fraction of sp³-hybridized carbons (Fsp3) is 0.100. The number of aromatic nitrogens is 1. The van der Waals surface area contributed by atoms with E-state index in [0.717, 1.165) is 0 Å². The molecule has 2 nitrogen and oxygen atoms in total. The van der Waals surface area contributed by atoms with Crippen molar-refractivity contribution in [3.8, 4) is 0 Å². The molecule has 0 aliphatic rings. The van der Waals surface area contributed by atoms with Crippen LogP contribution in [0.5, 0.6) is 0 Å². The predicted molar refractivity (Wildman–Crippen MR) is 56.3 cm³/mol. The molecular formula is C10H8ClFN2. The van der Waals surface area contributed by atoms with Crippen LogP contribution in [0.25, 0.3) is 10.9 Å². The van der Waals surface area contributed by atoms with Crippen molar-refractivity contribution in [2.75, 3.05) is 12.4 Å². The van der Waals surface area contributed by atoms with Gasteiger partial charge in [0.25, 0.3) is 0 Å². The number of pyridine rings is 1. The summed E-state index contributed by atoms with van der Waals surface area (Å²) in [5.74, 6) is 0.368. The second-order valence-electron chi connectivity index (χ2n) is 2.91. The summed E-state index contributed by atoms with van der Waals surface area (Å²) in [6.45, 7) is 0. The lowest BCUT2D eigenvalue weighted by Crippen LogP contribution is -1.92. The van der Waals surface area contributed by atoms with E-state index in [1.807, 2.05) is 0 Å². The maximum atomic E-state index is 13.0. The van der Waals surface area contributed by atoms with Gasteiger partial charge in [-0.1, -0.05) is 11.6 Å². The standard InChI is InChI=1S/C10H8ClFN2/c1-13-9-3-2-6-4-7(12)5-8(11)10(6)14-9/h2-5H,1H3,(H,13,14). The van der Waals surface area contributed by atoms with Crippen molar-refractivity contribution in [3.05, 3.63) is 35.1 Å². The van der Waals surface area contributed by atoms with Gasteiger partial charge in [0, 0.05) is 12.4 Å². The Kier molecular flexibility index (Phi) is 2.25. The second-order valence-corrected chi connectivity index (χ2v) is 3.31. The minimum Gasteiger partial charge on any atom is -0.373 e. The molecule has 0 saturated heterocycles. The molecule has 0 aliphatic carbocycles. The van der Waals surface area contributed by atoms with Crippen LogP contribution >= 0.6 is 11.6 Å². The third-order valence-electron chi connectivity index (χ3n) is 1.97. The predicted octanol–water partition coefficient (Wildman–Crippen LogP) is 3.07. The van der Waals surface area contributed by atoms with Gasteiger partial charge in [-0.2, -0.15) is 0 Å². The van der Waals surface area contributed by atoms with E-state index in [9.17, 15) is 4.39 Å². The summed E-state index contributed by atoms with van der Waals surface area (Å²) in [6, 6.07) is 6.23. The monoisotopic (exact) mass is 210 g/mol. The number of halogens is 2. The molecule has 0 atom stereocenters. The molecule has 0 spiro atoms. The van der Waals surface area contributed by atoms with E-state index in [4.69, 9.17) is 11.6 Å². The molecule has 14 heavy (non-hydrogen) atoms. The summed E-state index contributed by atoms with van der Waals surface area (Å²) >= 11 is 5.86. The Hall–Kier alpha value is -1.35. The van der Waals surface area contributed by atoms with Crippen LogP contribution in [0, 0.1) is 5.82 Å². The lowest BCUT2D eigenvalue weighted by molar-refractivity contribution is 0.629. The van der Waals surface area contributed by atoms with E-state index < -0.39 is 0 Å². The van der Waals surface area contributed by atoms with E-state index in [1.165, 1.54) is 12.1 Å². The number of anilines is 1. The average Bonchev–Trinajstić information content (AvgIpc) is 2.17. The Morgan fingerprint density at radius 3 is 2.86 bits per heavy atom. The molecule has 0 radical (unpaired) electrons. The van der Waals surface area contributed by atoms with Gasteiger partial charge in [0.05, 0.1) is 10.5 Å². The number of fused-ring (bicyclic) bond motifs is 1. The summed E-state index contributed by atoms with van der Waals surface area (Å²) in [6.07, 6.45) is 0. The Labute approximate surface area is 85.7 Å². The normalized spacial score (nSPS) is 10.5. The van der Waals surface area contributed by atoms with Crippen molar-refractivity contribution in [2.24, 2.45) is 0 Å². The molecule has 1 aromatic heterocycles. The van der Waals surface area contributed by atoms with Crippen LogP contribution in [0.2, 0.25) is 5.02 Å². The van der Waals surface area contributed by atoms with Crippen LogP contribution in [0.4, 0.5) is 10.2 Å². The zero-order chi connectivity index (χ0) is 10.1. The van der Waals surface area contributed by atoms with Gasteiger partial charge in [-0.05, 0) is 24.3 Å². The molecule has 72 valence electrons. The number of nitrogens with one attached hydrogen (secondary N) is 1. The molecule has 4 heteroatoms. The molecule has 0 aliphatic heterocycles. The van der Waals surface area contributed by atoms with Crippen LogP contribution in [0.15, 0.2) is 24.3 Å². The lowest BCUT2D eigenvalue weighted by Gasteiger charge is -2.03. The molecule has 0 amide bonds. The fourth-order valence-corrected chi connectivity index (χ4v) is 1.55. The van der Waals surface area contributed by atoms with Gasteiger partial charge in [0.2, 0.25) is 0 Å². The number of benzene rings is 1. The van der Waals surface area contributed by atoms with E-state index >= 15 is 0 Å². The molecule has 0 fully saturated rings. The Balaban J connectivity index is 2.75. The molecule has 0 bridgehead atoms. The van der Waals surface area contributed by atoms with Gasteiger partial charge in [-0.25, -0.2) is 9.37 Å². The molecule has 2 aromatic rings. The molecule has 1 heterocycles. The lowest BCUT2D eigenvalue weighted by atomic mass is 10.2. The highest BCUT2D eigenvalue weighted by Gasteiger charge is 2.04. The summed E-state index contributed by atoms with van der Waals surface area (Å²) in [5.41, 5.74) is 0.611. The van der Waals surface area contributed by atoms with Gasteiger partial charge in [0.15, 0.2) is 0 Å². The fourth-order valence-electron chi connectivity index (χ4n) is 1.30. The zero-order valence-electron chi connectivity index (χ0n) is 7.51. The van der Waals surface area contributed by atoms with Crippen LogP contribution in [0.3, 0.4) is 0 Å². The highest BCUT2D eigenvalue weighted by atomic mass is 35.5. The maximum absolute atomic E-state index is 13.0. The van der Waals surface area contributed by atoms with Crippen molar-refractivity contribution in [1.82, 2.24) is 4.98 Å². The van der Waals surface area contributed by atoms with Crippen molar-refractivity contribution < 1.29 is 4.39 Å². The van der Waals surface area contributed by atoms with Gasteiger partial charge >= 0.3 is 0 Å². The van der Waals surface area contributed by atoms with Gasteiger partial charge < -0.3 is 5.32 Å². The first-order chi connectivity index (χ1) is 6.70.